The van der Waals surface area contributed by atoms with Crippen LogP contribution in [0.5, 0.6) is 0 Å². The molecule has 0 bridgehead atoms. The summed E-state index contributed by atoms with van der Waals surface area (Å²) in [7, 11) is 0. The molecule has 0 aromatic rings. The highest BCUT2D eigenvalue weighted by Gasteiger charge is 2.10. The van der Waals surface area contributed by atoms with Crippen LogP contribution in [0.4, 0.5) is 0 Å². The molecule has 0 radical (unpaired) electrons. The van der Waals surface area contributed by atoms with Crippen molar-refractivity contribution in [1.82, 2.24) is 0 Å². The van der Waals surface area contributed by atoms with Crippen LogP contribution in [0.3, 0.4) is 0 Å². The van der Waals surface area contributed by atoms with Crippen LogP contribution in [-0.2, 0) is 23.8 Å². The summed E-state index contributed by atoms with van der Waals surface area (Å²) in [4.78, 5) is 4.53. The quantitative estimate of drug-likeness (QED) is 0.623. The molecule has 1 atom stereocenters. The third kappa shape index (κ3) is 6.77. The summed E-state index contributed by atoms with van der Waals surface area (Å²) >= 11 is 0. The molecule has 0 spiro atoms. The van der Waals surface area contributed by atoms with Crippen molar-refractivity contribution in [3.63, 3.8) is 0 Å². The fraction of sp³-hybridized carbons (Fsp3) is 1.00. The predicted molar refractivity (Wildman–Crippen MR) is 52.3 cm³/mol. The highest BCUT2D eigenvalue weighted by Crippen LogP contribution is 1.96. The van der Waals surface area contributed by atoms with Gasteiger partial charge in [-0.2, -0.15) is 0 Å². The maximum absolute atomic E-state index is 5.46. The first-order valence-corrected chi connectivity index (χ1v) is 5.10. The second kappa shape index (κ2) is 9.02. The number of nitrogens with two attached hydrogens (primary N) is 1. The van der Waals surface area contributed by atoms with Crippen LogP contribution in [0.15, 0.2) is 0 Å². The molecule has 1 heterocycles. The first-order chi connectivity index (χ1) is 7.43. The lowest BCUT2D eigenvalue weighted by molar-refractivity contribution is -0.0907. The van der Waals surface area contributed by atoms with Crippen LogP contribution in [0.25, 0.3) is 0 Å². The molecule has 1 unspecified atom stereocenters. The smallest absolute Gasteiger partial charge is 0.106 e. The maximum Gasteiger partial charge on any atom is 0.106 e. The average molecular weight is 221 g/mol. The highest BCUT2D eigenvalue weighted by atomic mass is 16.6. The molecule has 0 saturated carbocycles. The van der Waals surface area contributed by atoms with E-state index in [2.05, 4.69) is 4.84 Å². The lowest BCUT2D eigenvalue weighted by Gasteiger charge is -2.18. The molecule has 0 amide bonds. The van der Waals surface area contributed by atoms with Crippen molar-refractivity contribution in [2.24, 2.45) is 5.90 Å². The summed E-state index contributed by atoms with van der Waals surface area (Å²) in [6.45, 7) is 4.13. The third-order valence-electron chi connectivity index (χ3n) is 1.91. The van der Waals surface area contributed by atoms with Gasteiger partial charge in [0, 0.05) is 0 Å². The van der Waals surface area contributed by atoms with E-state index in [4.69, 9.17) is 24.8 Å². The van der Waals surface area contributed by atoms with Gasteiger partial charge < -0.3 is 23.8 Å². The van der Waals surface area contributed by atoms with Crippen molar-refractivity contribution in [2.45, 2.75) is 6.10 Å². The molecule has 0 aliphatic carbocycles. The molecule has 15 heavy (non-hydrogen) atoms. The maximum atomic E-state index is 5.46. The van der Waals surface area contributed by atoms with Crippen molar-refractivity contribution in [2.75, 3.05) is 52.9 Å². The van der Waals surface area contributed by atoms with Crippen molar-refractivity contribution in [3.8, 4) is 0 Å². The van der Waals surface area contributed by atoms with Gasteiger partial charge in [0.15, 0.2) is 0 Å². The molecular formula is C9H19NO5. The van der Waals surface area contributed by atoms with Gasteiger partial charge in [-0.1, -0.05) is 0 Å². The number of hydrogen-bond donors (Lipinski definition) is 1. The number of ether oxygens (including phenoxy) is 4. The molecule has 6 heteroatoms. The Kier molecular flexibility index (Phi) is 7.71. The number of hydrogen-bond acceptors (Lipinski definition) is 6. The van der Waals surface area contributed by atoms with Gasteiger partial charge in [-0.15, -0.1) is 0 Å². The summed E-state index contributed by atoms with van der Waals surface area (Å²) in [5.41, 5.74) is 0. The fourth-order valence-electron chi connectivity index (χ4n) is 1.18. The van der Waals surface area contributed by atoms with E-state index < -0.39 is 0 Å². The summed E-state index contributed by atoms with van der Waals surface area (Å²) in [5, 5.41) is 0. The van der Waals surface area contributed by atoms with Gasteiger partial charge in [0.25, 0.3) is 0 Å². The minimum Gasteiger partial charge on any atom is -0.377 e. The Labute approximate surface area is 89.5 Å². The molecular weight excluding hydrogens is 202 g/mol. The molecule has 90 valence electrons. The minimum atomic E-state index is -0.141. The Hall–Kier alpha value is -0.240. The second-order valence-electron chi connectivity index (χ2n) is 3.13. The topological polar surface area (TPSA) is 72.2 Å². The molecule has 6 nitrogen and oxygen atoms in total. The van der Waals surface area contributed by atoms with Crippen LogP contribution >= 0.6 is 0 Å². The zero-order chi connectivity index (χ0) is 10.8. The molecule has 1 fully saturated rings. The van der Waals surface area contributed by atoms with E-state index in [0.717, 1.165) is 0 Å². The fourth-order valence-corrected chi connectivity index (χ4v) is 1.18. The Morgan fingerprint density at radius 2 is 1.53 bits per heavy atom. The van der Waals surface area contributed by atoms with Crippen LogP contribution in [0.2, 0.25) is 0 Å². The van der Waals surface area contributed by atoms with Crippen LogP contribution in [0.1, 0.15) is 0 Å². The molecule has 1 aliphatic heterocycles. The monoisotopic (exact) mass is 221 g/mol. The Morgan fingerprint density at radius 3 is 2.20 bits per heavy atom. The van der Waals surface area contributed by atoms with Crippen molar-refractivity contribution in [1.29, 1.82) is 0 Å². The van der Waals surface area contributed by atoms with Crippen molar-refractivity contribution < 1.29 is 23.8 Å². The standard InChI is InChI=1S/C9H19NO5/c10-15-8-9-7-13-4-3-11-1-2-12-5-6-14-9/h9H,1-8,10H2. The van der Waals surface area contributed by atoms with Gasteiger partial charge in [0.1, 0.15) is 6.10 Å². The van der Waals surface area contributed by atoms with Crippen LogP contribution in [-0.4, -0.2) is 59.0 Å². The first kappa shape index (κ1) is 12.8. The SMILES string of the molecule is NOCC1COCCOCCOCCO1. The van der Waals surface area contributed by atoms with Crippen molar-refractivity contribution >= 4 is 0 Å². The van der Waals surface area contributed by atoms with Crippen LogP contribution < -0.4 is 5.90 Å². The highest BCUT2D eigenvalue weighted by molar-refractivity contribution is 4.55. The Bertz CT molecular complexity index is 134. The molecule has 1 aliphatic rings. The van der Waals surface area contributed by atoms with Crippen LogP contribution in [0, 0.1) is 0 Å². The molecule has 1 saturated heterocycles. The van der Waals surface area contributed by atoms with E-state index >= 15 is 0 Å². The summed E-state index contributed by atoms with van der Waals surface area (Å²) in [5.74, 6) is 4.98. The van der Waals surface area contributed by atoms with Gasteiger partial charge in [-0.25, -0.2) is 5.90 Å². The summed E-state index contributed by atoms with van der Waals surface area (Å²) in [6.07, 6.45) is -0.141. The zero-order valence-corrected chi connectivity index (χ0v) is 8.85. The molecule has 0 aromatic heterocycles. The third-order valence-corrected chi connectivity index (χ3v) is 1.91. The normalized spacial score (nSPS) is 26.6. The van der Waals surface area contributed by atoms with E-state index in [9.17, 15) is 0 Å². The van der Waals surface area contributed by atoms with Gasteiger partial charge in [-0.05, 0) is 0 Å². The summed E-state index contributed by atoms with van der Waals surface area (Å²) in [6, 6.07) is 0. The van der Waals surface area contributed by atoms with Gasteiger partial charge >= 0.3 is 0 Å². The molecule has 0 aromatic carbocycles. The average Bonchev–Trinajstić information content (AvgIpc) is 2.22. The summed E-state index contributed by atoms with van der Waals surface area (Å²) < 4.78 is 21.3. The van der Waals surface area contributed by atoms with Gasteiger partial charge in [0.2, 0.25) is 0 Å². The van der Waals surface area contributed by atoms with E-state index in [1.807, 2.05) is 0 Å². The Balaban J connectivity index is 2.19. The van der Waals surface area contributed by atoms with E-state index in [0.29, 0.717) is 52.9 Å². The minimum absolute atomic E-state index is 0.141. The number of rotatable bonds is 2. The molecule has 2 N–H and O–H groups in total. The predicted octanol–water partition coefficient (Wildman–Crippen LogP) is -0.675. The van der Waals surface area contributed by atoms with Crippen molar-refractivity contribution in [3.05, 3.63) is 0 Å². The van der Waals surface area contributed by atoms with Gasteiger partial charge in [0.05, 0.1) is 52.9 Å². The second-order valence-corrected chi connectivity index (χ2v) is 3.13. The largest absolute Gasteiger partial charge is 0.377 e. The molecule has 1 rings (SSSR count). The van der Waals surface area contributed by atoms with E-state index in [1.165, 1.54) is 0 Å². The van der Waals surface area contributed by atoms with E-state index in [-0.39, 0.29) is 6.10 Å². The van der Waals surface area contributed by atoms with E-state index in [1.54, 1.807) is 0 Å². The zero-order valence-electron chi connectivity index (χ0n) is 8.85. The van der Waals surface area contributed by atoms with Gasteiger partial charge in [-0.3, -0.25) is 0 Å². The Morgan fingerprint density at radius 1 is 0.933 bits per heavy atom. The lowest BCUT2D eigenvalue weighted by Crippen LogP contribution is -2.30. The lowest BCUT2D eigenvalue weighted by atomic mass is 10.4. The first-order valence-electron chi connectivity index (χ1n) is 5.10.